The van der Waals surface area contributed by atoms with E-state index >= 15 is 0 Å². The fourth-order valence-corrected chi connectivity index (χ4v) is 2.96. The molecule has 1 heterocycles. The maximum absolute atomic E-state index is 12.2. The highest BCUT2D eigenvalue weighted by Gasteiger charge is 2.11. The minimum atomic E-state index is -0.0854. The SMILES string of the molecule is COc1ccc(C(=O)NCCc2c(C)[nH]c3ccc(OC)cc23)cc1. The van der Waals surface area contributed by atoms with Crippen molar-refractivity contribution in [3.8, 4) is 11.5 Å². The van der Waals surface area contributed by atoms with Gasteiger partial charge in [0.05, 0.1) is 14.2 Å². The summed E-state index contributed by atoms with van der Waals surface area (Å²) < 4.78 is 10.4. The van der Waals surface area contributed by atoms with E-state index in [0.717, 1.165) is 34.5 Å². The summed E-state index contributed by atoms with van der Waals surface area (Å²) in [5.41, 5.74) is 4.01. The molecule has 0 fully saturated rings. The number of benzene rings is 2. The molecule has 0 aliphatic rings. The fourth-order valence-electron chi connectivity index (χ4n) is 2.96. The first kappa shape index (κ1) is 16.9. The van der Waals surface area contributed by atoms with Crippen molar-refractivity contribution in [2.45, 2.75) is 13.3 Å². The van der Waals surface area contributed by atoms with Crippen molar-refractivity contribution >= 4 is 16.8 Å². The number of aromatic amines is 1. The number of hydrogen-bond donors (Lipinski definition) is 2. The Morgan fingerprint density at radius 1 is 1.04 bits per heavy atom. The molecule has 1 amide bonds. The van der Waals surface area contributed by atoms with Crippen LogP contribution in [0.15, 0.2) is 42.5 Å². The second-order valence-electron chi connectivity index (χ2n) is 5.87. The zero-order chi connectivity index (χ0) is 17.8. The number of ether oxygens (including phenoxy) is 2. The number of H-pyrrole nitrogens is 1. The number of aromatic nitrogens is 1. The molecule has 0 saturated heterocycles. The number of carbonyl (C=O) groups is 1. The number of fused-ring (bicyclic) bond motifs is 1. The average molecular weight is 338 g/mol. The van der Waals surface area contributed by atoms with Crippen molar-refractivity contribution in [2.24, 2.45) is 0 Å². The van der Waals surface area contributed by atoms with Gasteiger partial charge in [0.15, 0.2) is 0 Å². The van der Waals surface area contributed by atoms with Crippen molar-refractivity contribution in [3.05, 3.63) is 59.3 Å². The van der Waals surface area contributed by atoms with Crippen LogP contribution in [-0.2, 0) is 6.42 Å². The van der Waals surface area contributed by atoms with Crippen molar-refractivity contribution < 1.29 is 14.3 Å². The molecule has 2 N–H and O–H groups in total. The molecule has 130 valence electrons. The average Bonchev–Trinajstić information content (AvgIpc) is 2.96. The molecule has 3 aromatic rings. The van der Waals surface area contributed by atoms with Gasteiger partial charge in [-0.05, 0) is 61.4 Å². The maximum atomic E-state index is 12.2. The zero-order valence-corrected chi connectivity index (χ0v) is 14.7. The minimum Gasteiger partial charge on any atom is -0.497 e. The van der Waals surface area contributed by atoms with Gasteiger partial charge in [-0.1, -0.05) is 0 Å². The van der Waals surface area contributed by atoms with Crippen molar-refractivity contribution in [1.82, 2.24) is 10.3 Å². The van der Waals surface area contributed by atoms with Gasteiger partial charge >= 0.3 is 0 Å². The number of hydrogen-bond acceptors (Lipinski definition) is 3. The lowest BCUT2D eigenvalue weighted by Crippen LogP contribution is -2.25. The molecular formula is C20H22N2O3. The van der Waals surface area contributed by atoms with Gasteiger partial charge in [-0.3, -0.25) is 4.79 Å². The Balaban J connectivity index is 1.68. The molecule has 0 spiro atoms. The third-order valence-corrected chi connectivity index (χ3v) is 4.34. The van der Waals surface area contributed by atoms with E-state index in [1.807, 2.05) is 25.1 Å². The molecule has 0 unspecified atom stereocenters. The van der Waals surface area contributed by atoms with Crippen LogP contribution in [0.5, 0.6) is 11.5 Å². The van der Waals surface area contributed by atoms with Crippen LogP contribution in [0.25, 0.3) is 10.9 Å². The Morgan fingerprint density at radius 3 is 2.40 bits per heavy atom. The fraction of sp³-hybridized carbons (Fsp3) is 0.250. The van der Waals surface area contributed by atoms with Crippen LogP contribution in [0.3, 0.4) is 0 Å². The highest BCUT2D eigenvalue weighted by atomic mass is 16.5. The van der Waals surface area contributed by atoms with E-state index in [0.29, 0.717) is 12.1 Å². The molecule has 5 heteroatoms. The van der Waals surface area contributed by atoms with Gasteiger partial charge in [0.2, 0.25) is 0 Å². The molecule has 25 heavy (non-hydrogen) atoms. The van der Waals surface area contributed by atoms with Gasteiger partial charge in [0, 0.05) is 28.7 Å². The second kappa shape index (κ2) is 7.30. The van der Waals surface area contributed by atoms with E-state index in [-0.39, 0.29) is 5.91 Å². The van der Waals surface area contributed by atoms with Gasteiger partial charge < -0.3 is 19.8 Å². The van der Waals surface area contributed by atoms with Crippen LogP contribution in [-0.4, -0.2) is 31.7 Å². The summed E-state index contributed by atoms with van der Waals surface area (Å²) in [6.07, 6.45) is 0.751. The van der Waals surface area contributed by atoms with Crippen LogP contribution in [0.1, 0.15) is 21.6 Å². The summed E-state index contributed by atoms with van der Waals surface area (Å²) in [5, 5.41) is 4.11. The molecule has 2 aromatic carbocycles. The van der Waals surface area contributed by atoms with E-state index in [1.54, 1.807) is 38.5 Å². The summed E-state index contributed by atoms with van der Waals surface area (Å²) in [6, 6.07) is 13.1. The third kappa shape index (κ3) is 3.60. The molecule has 3 rings (SSSR count). The van der Waals surface area contributed by atoms with Gasteiger partial charge in [-0.2, -0.15) is 0 Å². The first-order valence-electron chi connectivity index (χ1n) is 8.20. The lowest BCUT2D eigenvalue weighted by atomic mass is 10.1. The topological polar surface area (TPSA) is 63.3 Å². The lowest BCUT2D eigenvalue weighted by Gasteiger charge is -2.07. The Kier molecular flexibility index (Phi) is 4.93. The summed E-state index contributed by atoms with van der Waals surface area (Å²) >= 11 is 0. The van der Waals surface area contributed by atoms with Crippen molar-refractivity contribution in [2.75, 3.05) is 20.8 Å². The molecule has 0 bridgehead atoms. The van der Waals surface area contributed by atoms with E-state index in [4.69, 9.17) is 9.47 Å². The second-order valence-corrected chi connectivity index (χ2v) is 5.87. The van der Waals surface area contributed by atoms with Crippen LogP contribution < -0.4 is 14.8 Å². The third-order valence-electron chi connectivity index (χ3n) is 4.34. The summed E-state index contributed by atoms with van der Waals surface area (Å²) in [5.74, 6) is 1.48. The van der Waals surface area contributed by atoms with Crippen LogP contribution >= 0.6 is 0 Å². The van der Waals surface area contributed by atoms with Crippen LogP contribution in [0, 0.1) is 6.92 Å². The predicted molar refractivity (Wildman–Crippen MR) is 98.6 cm³/mol. The monoisotopic (exact) mass is 338 g/mol. The van der Waals surface area contributed by atoms with Gasteiger partial charge in [-0.25, -0.2) is 0 Å². The number of carbonyl (C=O) groups excluding carboxylic acids is 1. The number of nitrogens with one attached hydrogen (secondary N) is 2. The Hall–Kier alpha value is -2.95. The van der Waals surface area contributed by atoms with E-state index < -0.39 is 0 Å². The number of amides is 1. The summed E-state index contributed by atoms with van der Waals surface area (Å²) in [4.78, 5) is 15.6. The maximum Gasteiger partial charge on any atom is 0.251 e. The largest absolute Gasteiger partial charge is 0.497 e. The van der Waals surface area contributed by atoms with Crippen LogP contribution in [0.2, 0.25) is 0 Å². The van der Waals surface area contributed by atoms with E-state index in [1.165, 1.54) is 5.56 Å². The lowest BCUT2D eigenvalue weighted by molar-refractivity contribution is 0.0954. The summed E-state index contributed by atoms with van der Waals surface area (Å²) in [7, 11) is 3.27. The standard InChI is InChI=1S/C20H22N2O3/c1-13-17(18-12-16(25-3)8-9-19(18)22-13)10-11-21-20(23)14-4-6-15(24-2)7-5-14/h4-9,12,22H,10-11H2,1-3H3,(H,21,23). The molecule has 0 radical (unpaired) electrons. The molecule has 0 atom stereocenters. The predicted octanol–water partition coefficient (Wildman–Crippen LogP) is 3.47. The smallest absolute Gasteiger partial charge is 0.251 e. The zero-order valence-electron chi connectivity index (χ0n) is 14.7. The molecule has 1 aromatic heterocycles. The van der Waals surface area contributed by atoms with Gasteiger partial charge in [-0.15, -0.1) is 0 Å². The number of methoxy groups -OCH3 is 2. The molecule has 0 aliphatic carbocycles. The van der Waals surface area contributed by atoms with Gasteiger partial charge in [0.25, 0.3) is 5.91 Å². The Labute approximate surface area is 147 Å². The minimum absolute atomic E-state index is 0.0854. The molecule has 5 nitrogen and oxygen atoms in total. The van der Waals surface area contributed by atoms with E-state index in [2.05, 4.69) is 10.3 Å². The first-order valence-corrected chi connectivity index (χ1v) is 8.20. The molecule has 0 saturated carbocycles. The van der Waals surface area contributed by atoms with E-state index in [9.17, 15) is 4.79 Å². The highest BCUT2D eigenvalue weighted by molar-refractivity contribution is 5.94. The quantitative estimate of drug-likeness (QED) is 0.723. The van der Waals surface area contributed by atoms with Gasteiger partial charge in [0.1, 0.15) is 11.5 Å². The van der Waals surface area contributed by atoms with Crippen molar-refractivity contribution in [3.63, 3.8) is 0 Å². The molecule has 0 aliphatic heterocycles. The summed E-state index contributed by atoms with van der Waals surface area (Å²) in [6.45, 7) is 2.61. The molecular weight excluding hydrogens is 316 g/mol. The normalized spacial score (nSPS) is 10.7. The highest BCUT2D eigenvalue weighted by Crippen LogP contribution is 2.26. The Morgan fingerprint density at radius 2 is 1.72 bits per heavy atom. The number of aryl methyl sites for hydroxylation is 1. The first-order chi connectivity index (χ1) is 12.1. The number of rotatable bonds is 6. The Bertz CT molecular complexity index is 882. The van der Waals surface area contributed by atoms with Crippen LogP contribution in [0.4, 0.5) is 0 Å². The van der Waals surface area contributed by atoms with Crippen molar-refractivity contribution in [1.29, 1.82) is 0 Å².